The van der Waals surface area contributed by atoms with Crippen molar-refractivity contribution in [3.8, 4) is 34.8 Å². The molecule has 0 fully saturated rings. The Hall–Kier alpha value is -3.43. The third-order valence-corrected chi connectivity index (χ3v) is 4.49. The predicted molar refractivity (Wildman–Crippen MR) is 115 cm³/mol. The maximum atomic E-state index is 11.2. The van der Waals surface area contributed by atoms with Gasteiger partial charge in [0, 0.05) is 12.8 Å². The smallest absolute Gasteiger partial charge is 0.203 e. The molecule has 0 saturated heterocycles. The summed E-state index contributed by atoms with van der Waals surface area (Å²) in [7, 11) is 6.25. The molecule has 0 radical (unpaired) electrons. The van der Waals surface area contributed by atoms with Crippen LogP contribution in [0.2, 0.25) is 0 Å². The zero-order chi connectivity index (χ0) is 22.1. The van der Waals surface area contributed by atoms with Crippen LogP contribution in [-0.2, 0) is 4.79 Å². The van der Waals surface area contributed by atoms with E-state index in [0.29, 0.717) is 35.0 Å². The van der Waals surface area contributed by atoms with Gasteiger partial charge >= 0.3 is 0 Å². The Labute approximate surface area is 177 Å². The van der Waals surface area contributed by atoms with Crippen LogP contribution in [0.15, 0.2) is 36.9 Å². The van der Waals surface area contributed by atoms with Crippen LogP contribution in [-0.4, -0.2) is 45.9 Å². The van der Waals surface area contributed by atoms with Crippen molar-refractivity contribution in [1.82, 2.24) is 0 Å². The summed E-state index contributed by atoms with van der Waals surface area (Å²) < 4.78 is 21.6. The molecule has 0 spiro atoms. The molecule has 0 aliphatic carbocycles. The molecule has 0 aliphatic heterocycles. The maximum absolute atomic E-state index is 11.2. The van der Waals surface area contributed by atoms with Crippen molar-refractivity contribution in [2.45, 2.75) is 12.8 Å². The van der Waals surface area contributed by atoms with E-state index in [0.717, 1.165) is 16.7 Å². The van der Waals surface area contributed by atoms with E-state index in [1.807, 2.05) is 30.3 Å². The van der Waals surface area contributed by atoms with Crippen LogP contribution in [0.1, 0.15) is 29.5 Å². The van der Waals surface area contributed by atoms with Crippen molar-refractivity contribution < 1.29 is 28.8 Å². The van der Waals surface area contributed by atoms with Crippen LogP contribution in [0.4, 0.5) is 0 Å². The van der Waals surface area contributed by atoms with E-state index >= 15 is 0 Å². The molecule has 0 aromatic heterocycles. The number of carbonyl (C=O) groups excluding carboxylic acids is 1. The number of ether oxygens (including phenoxy) is 4. The summed E-state index contributed by atoms with van der Waals surface area (Å²) >= 11 is 0. The van der Waals surface area contributed by atoms with E-state index in [4.69, 9.17) is 24.1 Å². The number of hydrogen-bond donors (Lipinski definition) is 1. The van der Waals surface area contributed by atoms with Crippen LogP contribution >= 0.6 is 0 Å². The molecule has 6 nitrogen and oxygen atoms in total. The number of rotatable bonds is 9. The standard InChI is InChI=1S/C24H26O6/c1-16(19-13-22(28-3)24(30-5)23(14-19)29-4)17-10-11-21(27-2)18(12-17)8-6-7-9-20(26)15-25/h10-14,25H,1,7,9,15H2,2-5H3. The van der Waals surface area contributed by atoms with Gasteiger partial charge in [-0.1, -0.05) is 24.5 Å². The summed E-state index contributed by atoms with van der Waals surface area (Å²) in [5.41, 5.74) is 3.08. The summed E-state index contributed by atoms with van der Waals surface area (Å²) in [6.07, 6.45) is 0.574. The number of benzene rings is 2. The van der Waals surface area contributed by atoms with Crippen molar-refractivity contribution in [2.75, 3.05) is 35.0 Å². The molecular formula is C24H26O6. The van der Waals surface area contributed by atoms with Crippen molar-refractivity contribution in [2.24, 2.45) is 0 Å². The van der Waals surface area contributed by atoms with Crippen molar-refractivity contribution in [3.05, 3.63) is 53.6 Å². The predicted octanol–water partition coefficient (Wildman–Crippen LogP) is 3.48. The summed E-state index contributed by atoms with van der Waals surface area (Å²) in [5, 5.41) is 8.79. The first-order valence-corrected chi connectivity index (χ1v) is 9.28. The SMILES string of the molecule is C=C(c1ccc(OC)c(C#CCCC(=O)CO)c1)c1cc(OC)c(OC)c(OC)c1. The first kappa shape index (κ1) is 22.9. The quantitative estimate of drug-likeness (QED) is 0.638. The third-order valence-electron chi connectivity index (χ3n) is 4.49. The molecule has 0 aliphatic rings. The van der Waals surface area contributed by atoms with E-state index < -0.39 is 6.61 Å². The first-order chi connectivity index (χ1) is 14.5. The van der Waals surface area contributed by atoms with Gasteiger partial charge in [0.05, 0.1) is 34.0 Å². The first-order valence-electron chi connectivity index (χ1n) is 9.28. The average molecular weight is 410 g/mol. The Balaban J connectivity index is 2.39. The fraction of sp³-hybridized carbons (Fsp3) is 0.292. The molecule has 0 saturated carbocycles. The molecule has 6 heteroatoms. The van der Waals surface area contributed by atoms with Crippen molar-refractivity contribution in [3.63, 3.8) is 0 Å². The van der Waals surface area contributed by atoms with Gasteiger partial charge in [-0.15, -0.1) is 0 Å². The number of hydrogen-bond acceptors (Lipinski definition) is 6. The van der Waals surface area contributed by atoms with Crippen LogP contribution in [0, 0.1) is 11.8 Å². The highest BCUT2D eigenvalue weighted by Crippen LogP contribution is 2.41. The Bertz CT molecular complexity index is 956. The van der Waals surface area contributed by atoms with Gasteiger partial charge in [-0.25, -0.2) is 0 Å². The lowest BCUT2D eigenvalue weighted by atomic mass is 9.97. The highest BCUT2D eigenvalue weighted by Gasteiger charge is 2.16. The number of carbonyl (C=O) groups is 1. The van der Waals surface area contributed by atoms with Crippen LogP contribution in [0.5, 0.6) is 23.0 Å². The summed E-state index contributed by atoms with van der Waals surface area (Å²) in [5.74, 6) is 7.96. The summed E-state index contributed by atoms with van der Waals surface area (Å²) in [4.78, 5) is 11.2. The molecule has 0 heterocycles. The second-order valence-electron chi connectivity index (χ2n) is 6.31. The zero-order valence-corrected chi connectivity index (χ0v) is 17.7. The lowest BCUT2D eigenvalue weighted by Crippen LogP contribution is -2.01. The fourth-order valence-electron chi connectivity index (χ4n) is 2.85. The topological polar surface area (TPSA) is 74.2 Å². The number of Topliss-reactive ketones (excluding diaryl/α,β-unsaturated/α-hetero) is 1. The van der Waals surface area contributed by atoms with E-state index in [1.165, 1.54) is 0 Å². The third kappa shape index (κ3) is 5.34. The highest BCUT2D eigenvalue weighted by atomic mass is 16.5. The summed E-state index contributed by atoms with van der Waals surface area (Å²) in [6.45, 7) is 3.75. The average Bonchev–Trinajstić information content (AvgIpc) is 2.79. The maximum Gasteiger partial charge on any atom is 0.203 e. The highest BCUT2D eigenvalue weighted by molar-refractivity contribution is 5.82. The van der Waals surface area contributed by atoms with Crippen LogP contribution in [0.3, 0.4) is 0 Å². The van der Waals surface area contributed by atoms with Gasteiger partial charge in [-0.3, -0.25) is 4.79 Å². The van der Waals surface area contributed by atoms with Crippen molar-refractivity contribution >= 4 is 11.4 Å². The van der Waals surface area contributed by atoms with Gasteiger partial charge in [0.25, 0.3) is 0 Å². The molecule has 0 bridgehead atoms. The number of aliphatic hydroxyl groups excluding tert-OH is 1. The van der Waals surface area contributed by atoms with Crippen LogP contribution < -0.4 is 18.9 Å². The largest absolute Gasteiger partial charge is 0.495 e. The van der Waals surface area contributed by atoms with E-state index in [-0.39, 0.29) is 12.2 Å². The van der Waals surface area contributed by atoms with Crippen molar-refractivity contribution in [1.29, 1.82) is 0 Å². The van der Waals surface area contributed by atoms with E-state index in [9.17, 15) is 4.79 Å². The van der Waals surface area contributed by atoms with Crippen LogP contribution in [0.25, 0.3) is 5.57 Å². The number of methoxy groups -OCH3 is 4. The van der Waals surface area contributed by atoms with Gasteiger partial charge in [-0.05, 0) is 41.0 Å². The van der Waals surface area contributed by atoms with Gasteiger partial charge in [0.2, 0.25) is 5.75 Å². The van der Waals surface area contributed by atoms with Gasteiger partial charge < -0.3 is 24.1 Å². The Morgan fingerprint density at radius 3 is 2.10 bits per heavy atom. The molecule has 30 heavy (non-hydrogen) atoms. The molecule has 2 aromatic rings. The Morgan fingerprint density at radius 1 is 0.933 bits per heavy atom. The monoisotopic (exact) mass is 410 g/mol. The minimum absolute atomic E-state index is 0.212. The second kappa shape index (κ2) is 10.9. The molecule has 158 valence electrons. The molecule has 1 N–H and O–H groups in total. The molecular weight excluding hydrogens is 384 g/mol. The second-order valence-corrected chi connectivity index (χ2v) is 6.31. The summed E-state index contributed by atoms with van der Waals surface area (Å²) in [6, 6.07) is 9.26. The van der Waals surface area contributed by atoms with Gasteiger partial charge in [0.15, 0.2) is 17.3 Å². The number of aliphatic hydroxyl groups is 1. The van der Waals surface area contributed by atoms with Gasteiger partial charge in [0.1, 0.15) is 12.4 Å². The van der Waals surface area contributed by atoms with E-state index in [2.05, 4.69) is 18.4 Å². The molecule has 0 atom stereocenters. The fourth-order valence-corrected chi connectivity index (χ4v) is 2.85. The minimum Gasteiger partial charge on any atom is -0.495 e. The Kier molecular flexibility index (Phi) is 8.33. The molecule has 0 amide bonds. The normalized spacial score (nSPS) is 9.90. The molecule has 0 unspecified atom stereocenters. The van der Waals surface area contributed by atoms with Gasteiger partial charge in [-0.2, -0.15) is 0 Å². The minimum atomic E-state index is -0.463. The number of ketones is 1. The molecule has 2 aromatic carbocycles. The lowest BCUT2D eigenvalue weighted by Gasteiger charge is -2.16. The molecule has 2 rings (SSSR count). The van der Waals surface area contributed by atoms with E-state index in [1.54, 1.807) is 28.4 Å². The lowest BCUT2D eigenvalue weighted by molar-refractivity contribution is -0.121. The zero-order valence-electron chi connectivity index (χ0n) is 17.7. The Morgan fingerprint density at radius 2 is 1.57 bits per heavy atom.